The molecule has 8 nitrogen and oxygen atoms in total. The lowest BCUT2D eigenvalue weighted by Crippen LogP contribution is -2.37. The van der Waals surface area contributed by atoms with E-state index in [1.165, 1.54) is 16.9 Å². The Morgan fingerprint density at radius 2 is 2.17 bits per heavy atom. The van der Waals surface area contributed by atoms with E-state index in [-0.39, 0.29) is 18.9 Å². The molecule has 126 valence electrons. The Hall–Kier alpha value is -3.00. The van der Waals surface area contributed by atoms with E-state index >= 15 is 0 Å². The van der Waals surface area contributed by atoms with Crippen molar-refractivity contribution >= 4 is 11.8 Å². The predicted molar refractivity (Wildman–Crippen MR) is 85.6 cm³/mol. The van der Waals surface area contributed by atoms with Crippen molar-refractivity contribution in [3.8, 4) is 18.1 Å². The van der Waals surface area contributed by atoms with Gasteiger partial charge in [0, 0.05) is 31.2 Å². The molecule has 0 aromatic carbocycles. The van der Waals surface area contributed by atoms with E-state index in [1.54, 1.807) is 6.07 Å². The molecule has 1 N–H and O–H groups in total. The molecule has 8 heteroatoms. The number of likely N-dealkylation sites (tertiary alicyclic amines) is 1. The molecule has 0 saturated carbocycles. The van der Waals surface area contributed by atoms with Gasteiger partial charge in [-0.2, -0.15) is 10.5 Å². The van der Waals surface area contributed by atoms with Crippen LogP contribution in [0.25, 0.3) is 0 Å². The van der Waals surface area contributed by atoms with Crippen LogP contribution in [0.2, 0.25) is 0 Å². The van der Waals surface area contributed by atoms with Crippen LogP contribution in [0, 0.1) is 22.8 Å². The number of amides is 1. The van der Waals surface area contributed by atoms with Crippen molar-refractivity contribution in [1.29, 1.82) is 10.5 Å². The maximum atomic E-state index is 11.0. The number of hydrogen-bond donors (Lipinski definition) is 1. The fourth-order valence-corrected chi connectivity index (χ4v) is 2.78. The lowest BCUT2D eigenvalue weighted by Gasteiger charge is -2.30. The molecule has 0 spiro atoms. The Morgan fingerprint density at radius 1 is 1.46 bits per heavy atom. The summed E-state index contributed by atoms with van der Waals surface area (Å²) in [7, 11) is 1.49. The molecule has 0 atom stereocenters. The number of pyridine rings is 1. The number of ether oxygens (including phenoxy) is 1. The van der Waals surface area contributed by atoms with Gasteiger partial charge in [0.15, 0.2) is 6.19 Å². The van der Waals surface area contributed by atoms with E-state index in [2.05, 4.69) is 4.98 Å². The van der Waals surface area contributed by atoms with Gasteiger partial charge in [0.25, 0.3) is 0 Å². The summed E-state index contributed by atoms with van der Waals surface area (Å²) in [5.41, 5.74) is 1.36. The Kier molecular flexibility index (Phi) is 5.80. The first kappa shape index (κ1) is 17.4. The second kappa shape index (κ2) is 8.02. The monoisotopic (exact) mass is 329 g/mol. The molecule has 1 fully saturated rings. The lowest BCUT2D eigenvalue weighted by atomic mass is 9.93. The van der Waals surface area contributed by atoms with Gasteiger partial charge >= 0.3 is 6.09 Å². The zero-order valence-corrected chi connectivity index (χ0v) is 13.5. The third-order valence-corrected chi connectivity index (χ3v) is 4.10. The standard InChI is InChI=1S/C16H19N5O3/c1-24-15-14(21(11-18)8-2-7-17)4-3-13(19-15)12-5-9-20(10-6-12)16(22)23/h3-4,12H,2,5-6,8-10H2,1H3,(H,22,23). The summed E-state index contributed by atoms with van der Waals surface area (Å²) in [6, 6.07) is 5.62. The highest BCUT2D eigenvalue weighted by Crippen LogP contribution is 2.32. The highest BCUT2D eigenvalue weighted by molar-refractivity contribution is 5.65. The molecule has 2 rings (SSSR count). The maximum Gasteiger partial charge on any atom is 0.407 e. The van der Waals surface area contributed by atoms with Gasteiger partial charge in [0.1, 0.15) is 5.69 Å². The number of anilines is 1. The van der Waals surface area contributed by atoms with E-state index in [0.717, 1.165) is 5.69 Å². The second-order valence-corrected chi connectivity index (χ2v) is 5.47. The number of aromatic nitrogens is 1. The van der Waals surface area contributed by atoms with Crippen molar-refractivity contribution < 1.29 is 14.6 Å². The van der Waals surface area contributed by atoms with Crippen molar-refractivity contribution in [2.75, 3.05) is 31.6 Å². The predicted octanol–water partition coefficient (Wildman–Crippen LogP) is 2.15. The Balaban J connectivity index is 2.16. The highest BCUT2D eigenvalue weighted by Gasteiger charge is 2.25. The van der Waals surface area contributed by atoms with Crippen LogP contribution >= 0.6 is 0 Å². The third kappa shape index (κ3) is 3.85. The van der Waals surface area contributed by atoms with Crippen LogP contribution in [0.4, 0.5) is 10.5 Å². The van der Waals surface area contributed by atoms with Crippen LogP contribution in [0.5, 0.6) is 5.88 Å². The lowest BCUT2D eigenvalue weighted by molar-refractivity contribution is 0.131. The number of nitriles is 2. The average molecular weight is 329 g/mol. The van der Waals surface area contributed by atoms with Gasteiger partial charge in [0.2, 0.25) is 5.88 Å². The minimum atomic E-state index is -0.892. The molecule has 1 amide bonds. The summed E-state index contributed by atoms with van der Waals surface area (Å²) in [5.74, 6) is 0.505. The van der Waals surface area contributed by atoms with E-state index in [0.29, 0.717) is 37.5 Å². The van der Waals surface area contributed by atoms with Crippen LogP contribution in [0.15, 0.2) is 12.1 Å². The molecule has 1 aliphatic heterocycles. The van der Waals surface area contributed by atoms with Gasteiger partial charge in [-0.15, -0.1) is 0 Å². The molecule has 0 radical (unpaired) electrons. The number of piperidine rings is 1. The van der Waals surface area contributed by atoms with E-state index in [9.17, 15) is 10.1 Å². The van der Waals surface area contributed by atoms with Crippen LogP contribution in [-0.4, -0.2) is 47.8 Å². The summed E-state index contributed by atoms with van der Waals surface area (Å²) in [6.45, 7) is 1.25. The molecule has 1 aliphatic rings. The smallest absolute Gasteiger partial charge is 0.407 e. The first-order chi connectivity index (χ1) is 11.6. The number of hydrogen-bond acceptors (Lipinski definition) is 6. The van der Waals surface area contributed by atoms with Crippen LogP contribution < -0.4 is 9.64 Å². The third-order valence-electron chi connectivity index (χ3n) is 4.10. The molecular weight excluding hydrogens is 310 g/mol. The van der Waals surface area contributed by atoms with Crippen molar-refractivity contribution in [2.24, 2.45) is 0 Å². The van der Waals surface area contributed by atoms with Crippen molar-refractivity contribution in [3.05, 3.63) is 17.8 Å². The number of nitrogens with zero attached hydrogens (tertiary/aromatic N) is 5. The van der Waals surface area contributed by atoms with E-state index in [1.807, 2.05) is 18.3 Å². The van der Waals surface area contributed by atoms with Crippen molar-refractivity contribution in [3.63, 3.8) is 0 Å². The van der Waals surface area contributed by atoms with Crippen LogP contribution in [0.1, 0.15) is 30.9 Å². The fourth-order valence-electron chi connectivity index (χ4n) is 2.78. The second-order valence-electron chi connectivity index (χ2n) is 5.47. The fraction of sp³-hybridized carbons (Fsp3) is 0.500. The van der Waals surface area contributed by atoms with Gasteiger partial charge in [-0.1, -0.05) is 0 Å². The molecule has 24 heavy (non-hydrogen) atoms. The zero-order chi connectivity index (χ0) is 17.5. The first-order valence-electron chi connectivity index (χ1n) is 7.67. The molecule has 0 bridgehead atoms. The summed E-state index contributed by atoms with van der Waals surface area (Å²) >= 11 is 0. The van der Waals surface area contributed by atoms with Crippen LogP contribution in [-0.2, 0) is 0 Å². The average Bonchev–Trinajstić information content (AvgIpc) is 2.62. The molecular formula is C16H19N5O3. The molecule has 0 unspecified atom stereocenters. The normalized spacial score (nSPS) is 14.5. The zero-order valence-electron chi connectivity index (χ0n) is 13.5. The van der Waals surface area contributed by atoms with Crippen molar-refractivity contribution in [1.82, 2.24) is 9.88 Å². The molecule has 0 aliphatic carbocycles. The molecule has 1 aromatic heterocycles. The topological polar surface area (TPSA) is 113 Å². The number of rotatable bonds is 5. The highest BCUT2D eigenvalue weighted by atomic mass is 16.5. The summed E-state index contributed by atoms with van der Waals surface area (Å²) < 4.78 is 5.31. The van der Waals surface area contributed by atoms with E-state index < -0.39 is 6.09 Å². The summed E-state index contributed by atoms with van der Waals surface area (Å²) in [5, 5.41) is 26.9. The van der Waals surface area contributed by atoms with Gasteiger partial charge in [-0.05, 0) is 25.0 Å². The minimum Gasteiger partial charge on any atom is -0.479 e. The Morgan fingerprint density at radius 3 is 2.71 bits per heavy atom. The molecule has 2 heterocycles. The number of methoxy groups -OCH3 is 1. The minimum absolute atomic E-state index is 0.165. The van der Waals surface area contributed by atoms with Gasteiger partial charge in [-0.25, -0.2) is 9.78 Å². The first-order valence-corrected chi connectivity index (χ1v) is 7.67. The van der Waals surface area contributed by atoms with Gasteiger partial charge in [0.05, 0.1) is 19.6 Å². The van der Waals surface area contributed by atoms with E-state index in [4.69, 9.17) is 15.1 Å². The van der Waals surface area contributed by atoms with Crippen molar-refractivity contribution in [2.45, 2.75) is 25.2 Å². The quantitative estimate of drug-likeness (QED) is 0.650. The summed E-state index contributed by atoms with van der Waals surface area (Å²) in [4.78, 5) is 18.3. The largest absolute Gasteiger partial charge is 0.479 e. The molecule has 1 saturated heterocycles. The maximum absolute atomic E-state index is 11.0. The van der Waals surface area contributed by atoms with Gasteiger partial charge < -0.3 is 14.7 Å². The SMILES string of the molecule is COc1nc(C2CCN(C(=O)O)CC2)ccc1N(C#N)CCC#N. The Bertz CT molecular complexity index is 671. The number of carboxylic acid groups (broad SMARTS) is 1. The summed E-state index contributed by atoms with van der Waals surface area (Å²) in [6.07, 6.45) is 2.78. The molecule has 1 aromatic rings. The number of carbonyl (C=O) groups is 1. The van der Waals surface area contributed by atoms with Crippen LogP contribution in [0.3, 0.4) is 0 Å². The van der Waals surface area contributed by atoms with Gasteiger partial charge in [-0.3, -0.25) is 4.90 Å². The Labute approximate surface area is 140 Å².